The maximum Gasteiger partial charge on any atom is 0.251 e. The van der Waals surface area contributed by atoms with Gasteiger partial charge in [0.05, 0.1) is 30.1 Å². The number of sulfonamides is 1. The molecule has 0 saturated heterocycles. The molecule has 1 heterocycles. The van der Waals surface area contributed by atoms with E-state index in [1.54, 1.807) is 31.2 Å². The highest BCUT2D eigenvalue weighted by molar-refractivity contribution is 7.92. The number of hydrogen-bond acceptors (Lipinski definition) is 6. The zero-order valence-corrected chi connectivity index (χ0v) is 22.5. The van der Waals surface area contributed by atoms with Crippen LogP contribution in [0.5, 0.6) is 0 Å². The third-order valence-corrected chi connectivity index (χ3v) is 8.12. The highest BCUT2D eigenvalue weighted by Gasteiger charge is 2.24. The molecule has 1 amide bonds. The van der Waals surface area contributed by atoms with Crippen LogP contribution in [0.15, 0.2) is 71.1 Å². The van der Waals surface area contributed by atoms with Crippen molar-refractivity contribution in [3.8, 4) is 0 Å². The quantitative estimate of drug-likeness (QED) is 0.296. The van der Waals surface area contributed by atoms with Crippen LogP contribution in [-0.2, 0) is 29.4 Å². The largest absolute Gasteiger partial charge is 0.465 e. The van der Waals surface area contributed by atoms with E-state index in [9.17, 15) is 18.3 Å². The third kappa shape index (κ3) is 8.18. The summed E-state index contributed by atoms with van der Waals surface area (Å²) in [5.41, 5.74) is 1.70. The van der Waals surface area contributed by atoms with Crippen molar-refractivity contribution in [2.75, 3.05) is 23.7 Å². The summed E-state index contributed by atoms with van der Waals surface area (Å²) >= 11 is 0. The molecule has 8 nitrogen and oxygen atoms in total. The molecule has 0 aliphatic heterocycles. The van der Waals surface area contributed by atoms with Crippen molar-refractivity contribution < 1.29 is 22.7 Å². The molecule has 1 aromatic heterocycles. The average Bonchev–Trinajstić information content (AvgIpc) is 3.36. The number of nitrogens with zero attached hydrogens (tertiary/aromatic N) is 1. The number of anilines is 1. The van der Waals surface area contributed by atoms with Crippen LogP contribution in [0.4, 0.5) is 5.69 Å². The highest BCUT2D eigenvalue weighted by atomic mass is 32.2. The molecule has 0 saturated carbocycles. The first-order chi connectivity index (χ1) is 17.7. The third-order valence-electron chi connectivity index (χ3n) is 6.15. The van der Waals surface area contributed by atoms with Crippen LogP contribution in [-0.4, -0.2) is 50.9 Å². The topological polar surface area (TPSA) is 112 Å². The van der Waals surface area contributed by atoms with Gasteiger partial charge in [-0.3, -0.25) is 9.10 Å². The number of furan rings is 1. The molecule has 0 unspecified atom stereocenters. The first kappa shape index (κ1) is 28.4. The lowest BCUT2D eigenvalue weighted by molar-refractivity contribution is 0.0829. The summed E-state index contributed by atoms with van der Waals surface area (Å²) in [6.07, 6.45) is 0.871. The fourth-order valence-corrected chi connectivity index (χ4v) is 5.22. The zero-order valence-electron chi connectivity index (χ0n) is 21.7. The summed E-state index contributed by atoms with van der Waals surface area (Å²) in [6, 6.07) is 19.4. The van der Waals surface area contributed by atoms with E-state index in [4.69, 9.17) is 4.42 Å². The summed E-state index contributed by atoms with van der Waals surface area (Å²) in [7, 11) is -1.99. The second-order valence-electron chi connectivity index (χ2n) is 9.02. The van der Waals surface area contributed by atoms with Crippen molar-refractivity contribution in [1.29, 1.82) is 0 Å². The van der Waals surface area contributed by atoms with Crippen molar-refractivity contribution in [3.05, 3.63) is 89.4 Å². The molecule has 0 aliphatic carbocycles. The molecular formula is C28H37N3O5S. The molecule has 3 rings (SSSR count). The van der Waals surface area contributed by atoms with Crippen molar-refractivity contribution in [1.82, 2.24) is 10.6 Å². The van der Waals surface area contributed by atoms with E-state index in [0.717, 1.165) is 23.5 Å². The monoisotopic (exact) mass is 527 g/mol. The van der Waals surface area contributed by atoms with E-state index in [0.29, 0.717) is 30.6 Å². The lowest BCUT2D eigenvalue weighted by Crippen LogP contribution is -2.48. The number of benzene rings is 2. The minimum Gasteiger partial charge on any atom is -0.465 e. The molecule has 2 aromatic carbocycles. The number of aliphatic hydroxyl groups excluding tert-OH is 1. The second-order valence-corrected chi connectivity index (χ2v) is 11.1. The van der Waals surface area contributed by atoms with Crippen LogP contribution in [0.3, 0.4) is 0 Å². The molecule has 200 valence electrons. The van der Waals surface area contributed by atoms with Crippen LogP contribution < -0.4 is 14.9 Å². The smallest absolute Gasteiger partial charge is 0.251 e. The van der Waals surface area contributed by atoms with Crippen LogP contribution in [0.1, 0.15) is 47.7 Å². The fourth-order valence-electron chi connectivity index (χ4n) is 3.99. The lowest BCUT2D eigenvalue weighted by Gasteiger charge is -2.25. The second kappa shape index (κ2) is 13.4. The van der Waals surface area contributed by atoms with Crippen LogP contribution in [0.2, 0.25) is 0 Å². The maximum absolute atomic E-state index is 13.2. The summed E-state index contributed by atoms with van der Waals surface area (Å²) in [5.74, 6) is 1.33. The van der Waals surface area contributed by atoms with E-state index in [1.165, 1.54) is 11.4 Å². The summed E-state index contributed by atoms with van der Waals surface area (Å²) in [5, 5.41) is 17.2. The van der Waals surface area contributed by atoms with Gasteiger partial charge in [0.15, 0.2) is 0 Å². The number of rotatable bonds is 14. The van der Waals surface area contributed by atoms with Crippen LogP contribution >= 0.6 is 0 Å². The van der Waals surface area contributed by atoms with Crippen molar-refractivity contribution in [3.63, 3.8) is 0 Å². The molecule has 0 fully saturated rings. The zero-order chi connectivity index (χ0) is 26.8. The minimum atomic E-state index is -3.47. The van der Waals surface area contributed by atoms with Crippen molar-refractivity contribution in [2.24, 2.45) is 0 Å². The van der Waals surface area contributed by atoms with Gasteiger partial charge in [0.2, 0.25) is 10.0 Å². The standard InChI is InChI=1S/C28H37N3O5S/c1-4-16-37(34,35)31(3)23-13-9-12-22(18-23)28(33)30-26(17-21-10-7-6-8-11-21)27(32)20-29-19-25-15-14-24(5-2)36-25/h6-15,18,26-27,29,32H,4-5,16-17,19-20H2,1-3H3,(H,30,33)/t26-,27+/m0/s1. The number of nitrogens with one attached hydrogen (secondary N) is 2. The average molecular weight is 528 g/mol. The Hall–Kier alpha value is -3.14. The Morgan fingerprint density at radius 3 is 2.43 bits per heavy atom. The van der Waals surface area contributed by atoms with E-state index in [1.807, 2.05) is 49.4 Å². The predicted molar refractivity (Wildman–Crippen MR) is 146 cm³/mol. The van der Waals surface area contributed by atoms with Gasteiger partial charge in [0.25, 0.3) is 5.91 Å². The highest BCUT2D eigenvalue weighted by Crippen LogP contribution is 2.19. The number of hydrogen-bond donors (Lipinski definition) is 3. The molecule has 3 N–H and O–H groups in total. The van der Waals surface area contributed by atoms with Crippen molar-refractivity contribution >= 4 is 21.6 Å². The van der Waals surface area contributed by atoms with E-state index >= 15 is 0 Å². The van der Waals surface area contributed by atoms with Gasteiger partial charge in [-0.25, -0.2) is 8.42 Å². The molecule has 0 bridgehead atoms. The van der Waals surface area contributed by atoms with Crippen LogP contribution in [0.25, 0.3) is 0 Å². The number of aryl methyl sites for hydroxylation is 1. The van der Waals surface area contributed by atoms with E-state index in [-0.39, 0.29) is 18.2 Å². The Bertz CT molecular complexity index is 1240. The van der Waals surface area contributed by atoms with E-state index < -0.39 is 22.2 Å². The van der Waals surface area contributed by atoms with Gasteiger partial charge in [-0.05, 0) is 48.7 Å². The van der Waals surface area contributed by atoms with Gasteiger partial charge in [0, 0.05) is 25.6 Å². The fraction of sp³-hybridized carbons (Fsp3) is 0.393. The molecule has 9 heteroatoms. The van der Waals surface area contributed by atoms with Crippen molar-refractivity contribution in [2.45, 2.75) is 51.8 Å². The number of aliphatic hydroxyl groups is 1. The molecule has 3 aromatic rings. The molecule has 0 radical (unpaired) electrons. The van der Waals surface area contributed by atoms with Gasteiger partial charge in [-0.2, -0.15) is 0 Å². The van der Waals surface area contributed by atoms with Gasteiger partial charge in [-0.15, -0.1) is 0 Å². The molecule has 0 aliphatic rings. The Kier molecular flexibility index (Phi) is 10.3. The Balaban J connectivity index is 1.71. The van der Waals surface area contributed by atoms with Gasteiger partial charge in [-0.1, -0.05) is 50.2 Å². The predicted octanol–water partition coefficient (Wildman–Crippen LogP) is 3.51. The maximum atomic E-state index is 13.2. The first-order valence-electron chi connectivity index (χ1n) is 12.6. The van der Waals surface area contributed by atoms with E-state index in [2.05, 4.69) is 10.6 Å². The molecule has 2 atom stereocenters. The normalized spacial score (nSPS) is 13.2. The molecule has 37 heavy (non-hydrogen) atoms. The van der Waals surface area contributed by atoms with Gasteiger partial charge in [0.1, 0.15) is 11.5 Å². The first-order valence-corrected chi connectivity index (χ1v) is 14.2. The molecule has 0 spiro atoms. The summed E-state index contributed by atoms with van der Waals surface area (Å²) in [6.45, 7) is 4.54. The number of amides is 1. The SMILES string of the molecule is CCCS(=O)(=O)N(C)c1cccc(C(=O)N[C@@H](Cc2ccccc2)[C@H](O)CNCc2ccc(CC)o2)c1. The van der Waals surface area contributed by atoms with Gasteiger partial charge < -0.3 is 20.2 Å². The minimum absolute atomic E-state index is 0.0238. The Morgan fingerprint density at radius 2 is 1.76 bits per heavy atom. The molecular weight excluding hydrogens is 490 g/mol. The Labute approximate surface area is 219 Å². The summed E-state index contributed by atoms with van der Waals surface area (Å²) in [4.78, 5) is 13.2. The van der Waals surface area contributed by atoms with Crippen LogP contribution in [0, 0.1) is 0 Å². The lowest BCUT2D eigenvalue weighted by atomic mass is 10.0. The number of carbonyl (C=O) groups excluding carboxylic acids is 1. The summed E-state index contributed by atoms with van der Waals surface area (Å²) < 4.78 is 31.9. The Morgan fingerprint density at radius 1 is 1.03 bits per heavy atom. The van der Waals surface area contributed by atoms with Gasteiger partial charge >= 0.3 is 0 Å². The number of carbonyl (C=O) groups is 1.